The van der Waals surface area contributed by atoms with E-state index in [0.717, 1.165) is 16.9 Å². The zero-order valence-electron chi connectivity index (χ0n) is 18.4. The Morgan fingerprint density at radius 2 is 1.82 bits per heavy atom. The Hall–Kier alpha value is -2.94. The van der Waals surface area contributed by atoms with Gasteiger partial charge in [0.05, 0.1) is 40.8 Å². The number of aryl methyl sites for hydroxylation is 1. The first-order chi connectivity index (χ1) is 15.8. The monoisotopic (exact) mass is 484 g/mol. The lowest BCUT2D eigenvalue weighted by molar-refractivity contribution is 0.0585. The van der Waals surface area contributed by atoms with Crippen LogP contribution in [0.3, 0.4) is 0 Å². The molecule has 2 aromatic carbocycles. The van der Waals surface area contributed by atoms with E-state index in [4.69, 9.17) is 32.9 Å². The SMILES string of the molecule is CO[C@H]1CN(C(=O)c2cc(Cl)ccc2-n2nccn2)C(C)(c2nc3cc(Cl)ccc3n2C)C1. The van der Waals surface area contributed by atoms with Crippen LogP contribution in [0.25, 0.3) is 16.7 Å². The van der Waals surface area contributed by atoms with E-state index in [1.807, 2.05) is 41.6 Å². The molecule has 0 radical (unpaired) electrons. The minimum absolute atomic E-state index is 0.146. The van der Waals surface area contributed by atoms with Crippen LogP contribution < -0.4 is 0 Å². The number of hydrogen-bond acceptors (Lipinski definition) is 5. The topological polar surface area (TPSA) is 78.1 Å². The van der Waals surface area contributed by atoms with E-state index < -0.39 is 5.54 Å². The number of fused-ring (bicyclic) bond motifs is 1. The van der Waals surface area contributed by atoms with E-state index >= 15 is 0 Å². The summed E-state index contributed by atoms with van der Waals surface area (Å²) in [5.74, 6) is 0.561. The molecule has 4 aromatic rings. The second-order valence-electron chi connectivity index (χ2n) is 8.36. The maximum Gasteiger partial charge on any atom is 0.257 e. The molecular weight excluding hydrogens is 463 g/mol. The van der Waals surface area contributed by atoms with Gasteiger partial charge in [-0.15, -0.1) is 0 Å². The number of halogens is 2. The smallest absolute Gasteiger partial charge is 0.257 e. The predicted octanol–water partition coefficient (Wildman–Crippen LogP) is 4.24. The highest BCUT2D eigenvalue weighted by Gasteiger charge is 2.49. The summed E-state index contributed by atoms with van der Waals surface area (Å²) in [6.45, 7) is 2.43. The van der Waals surface area contributed by atoms with Crippen LogP contribution in [0.15, 0.2) is 48.8 Å². The van der Waals surface area contributed by atoms with Gasteiger partial charge in [0.2, 0.25) is 0 Å². The van der Waals surface area contributed by atoms with Gasteiger partial charge >= 0.3 is 0 Å². The number of rotatable bonds is 4. The van der Waals surface area contributed by atoms with Crippen molar-refractivity contribution in [2.45, 2.75) is 25.0 Å². The molecule has 170 valence electrons. The van der Waals surface area contributed by atoms with Crippen LogP contribution >= 0.6 is 23.2 Å². The number of nitrogens with zero attached hydrogens (tertiary/aromatic N) is 6. The number of hydrogen-bond donors (Lipinski definition) is 0. The molecule has 1 fully saturated rings. The molecule has 0 aliphatic carbocycles. The highest BCUT2D eigenvalue weighted by molar-refractivity contribution is 6.31. The maximum absolute atomic E-state index is 14.0. The van der Waals surface area contributed by atoms with Crippen molar-refractivity contribution >= 4 is 40.1 Å². The van der Waals surface area contributed by atoms with E-state index in [1.54, 1.807) is 37.7 Å². The van der Waals surface area contributed by atoms with Crippen LogP contribution in [-0.2, 0) is 17.3 Å². The third-order valence-corrected chi connectivity index (χ3v) is 6.80. The first kappa shape index (κ1) is 21.9. The molecule has 10 heteroatoms. The number of benzene rings is 2. The Bertz CT molecular complexity index is 1350. The van der Waals surface area contributed by atoms with Gasteiger partial charge in [0, 0.05) is 37.2 Å². The average Bonchev–Trinajstić information content (AvgIpc) is 3.52. The Labute approximate surface area is 200 Å². The van der Waals surface area contributed by atoms with Crippen LogP contribution in [0, 0.1) is 0 Å². The largest absolute Gasteiger partial charge is 0.380 e. The molecule has 0 saturated carbocycles. The third kappa shape index (κ3) is 3.58. The number of amides is 1. The van der Waals surface area contributed by atoms with Crippen LogP contribution in [0.4, 0.5) is 0 Å². The number of carbonyl (C=O) groups is 1. The first-order valence-corrected chi connectivity index (χ1v) is 11.2. The van der Waals surface area contributed by atoms with Crippen molar-refractivity contribution < 1.29 is 9.53 Å². The van der Waals surface area contributed by atoms with Crippen molar-refractivity contribution in [3.05, 3.63) is 70.2 Å². The molecule has 2 aromatic heterocycles. The van der Waals surface area contributed by atoms with Gasteiger partial charge in [0.15, 0.2) is 0 Å². The van der Waals surface area contributed by atoms with Crippen molar-refractivity contribution in [3.63, 3.8) is 0 Å². The van der Waals surface area contributed by atoms with Crippen molar-refractivity contribution in [2.75, 3.05) is 13.7 Å². The Morgan fingerprint density at radius 1 is 1.12 bits per heavy atom. The molecule has 1 saturated heterocycles. The minimum atomic E-state index is -0.727. The summed E-state index contributed by atoms with van der Waals surface area (Å²) in [4.78, 5) is 22.1. The zero-order chi connectivity index (χ0) is 23.3. The molecule has 1 aliphatic heterocycles. The van der Waals surface area contributed by atoms with Gasteiger partial charge in [0.25, 0.3) is 5.91 Å². The van der Waals surface area contributed by atoms with Gasteiger partial charge in [-0.05, 0) is 43.3 Å². The third-order valence-electron chi connectivity index (χ3n) is 6.33. The van der Waals surface area contributed by atoms with Crippen molar-refractivity contribution in [1.82, 2.24) is 29.4 Å². The molecule has 1 unspecified atom stereocenters. The molecule has 8 nitrogen and oxygen atoms in total. The summed E-state index contributed by atoms with van der Waals surface area (Å²) in [6, 6.07) is 10.7. The summed E-state index contributed by atoms with van der Waals surface area (Å²) in [6.07, 6.45) is 3.58. The van der Waals surface area contributed by atoms with E-state index in [-0.39, 0.29) is 12.0 Å². The number of methoxy groups -OCH3 is 1. The Kier molecular flexibility index (Phi) is 5.39. The summed E-state index contributed by atoms with van der Waals surface area (Å²) in [5, 5.41) is 9.47. The van der Waals surface area contributed by atoms with Gasteiger partial charge < -0.3 is 14.2 Å². The molecule has 2 atom stereocenters. The average molecular weight is 485 g/mol. The summed E-state index contributed by atoms with van der Waals surface area (Å²) >= 11 is 12.5. The van der Waals surface area contributed by atoms with Gasteiger partial charge in [-0.1, -0.05) is 23.2 Å². The summed E-state index contributed by atoms with van der Waals surface area (Å²) in [5.41, 5.74) is 1.94. The van der Waals surface area contributed by atoms with E-state index in [9.17, 15) is 4.79 Å². The first-order valence-electron chi connectivity index (χ1n) is 10.5. The highest BCUT2D eigenvalue weighted by atomic mass is 35.5. The van der Waals surface area contributed by atoms with Crippen molar-refractivity contribution in [1.29, 1.82) is 0 Å². The molecule has 0 N–H and O–H groups in total. The fraction of sp³-hybridized carbons (Fsp3) is 0.304. The number of aromatic nitrogens is 5. The van der Waals surface area contributed by atoms with Gasteiger partial charge in [-0.3, -0.25) is 4.79 Å². The normalized spacial score (nSPS) is 20.6. The van der Waals surface area contributed by atoms with E-state index in [1.165, 1.54) is 4.80 Å². The lowest BCUT2D eigenvalue weighted by Crippen LogP contribution is -2.44. The van der Waals surface area contributed by atoms with Crippen molar-refractivity contribution in [3.8, 4) is 5.69 Å². The quantitative estimate of drug-likeness (QED) is 0.432. The predicted molar refractivity (Wildman–Crippen MR) is 126 cm³/mol. The van der Waals surface area contributed by atoms with Crippen molar-refractivity contribution in [2.24, 2.45) is 7.05 Å². The molecule has 5 rings (SSSR count). The molecule has 0 bridgehead atoms. The highest BCUT2D eigenvalue weighted by Crippen LogP contribution is 2.41. The summed E-state index contributed by atoms with van der Waals surface area (Å²) in [7, 11) is 3.61. The number of imidazole rings is 1. The van der Waals surface area contributed by atoms with E-state index in [2.05, 4.69) is 10.2 Å². The lowest BCUT2D eigenvalue weighted by atomic mass is 9.95. The van der Waals surface area contributed by atoms with Crippen LogP contribution in [0.2, 0.25) is 10.0 Å². The van der Waals surface area contributed by atoms with Gasteiger partial charge in [-0.25, -0.2) is 4.98 Å². The fourth-order valence-electron chi connectivity index (χ4n) is 4.69. The Balaban J connectivity index is 1.64. The Morgan fingerprint density at radius 3 is 2.55 bits per heavy atom. The number of likely N-dealkylation sites (tertiary alicyclic amines) is 1. The van der Waals surface area contributed by atoms with Crippen LogP contribution in [0.1, 0.15) is 29.5 Å². The second kappa shape index (κ2) is 8.13. The van der Waals surface area contributed by atoms with Gasteiger partial charge in [-0.2, -0.15) is 15.0 Å². The van der Waals surface area contributed by atoms with Gasteiger partial charge in [0.1, 0.15) is 11.4 Å². The molecule has 3 heterocycles. The lowest BCUT2D eigenvalue weighted by Gasteiger charge is -2.34. The molecule has 0 spiro atoms. The molecular formula is C23H22Cl2N6O2. The number of ether oxygens (including phenoxy) is 1. The summed E-state index contributed by atoms with van der Waals surface area (Å²) < 4.78 is 7.71. The second-order valence-corrected chi connectivity index (χ2v) is 9.23. The molecule has 1 amide bonds. The molecule has 33 heavy (non-hydrogen) atoms. The zero-order valence-corrected chi connectivity index (χ0v) is 19.9. The standard InChI is InChI=1S/C23H22Cl2N6O2/c1-23(22-28-18-11-15(25)5-7-20(18)29(22)2)12-16(33-3)13-30(23)21(32)17-10-14(24)4-6-19(17)31-26-8-9-27-31/h4-11,16H,12-13H2,1-3H3/t16-,23?/m1/s1. The number of carbonyl (C=O) groups excluding carboxylic acids is 1. The van der Waals surface area contributed by atoms with Crippen LogP contribution in [0.5, 0.6) is 0 Å². The maximum atomic E-state index is 14.0. The molecule has 1 aliphatic rings. The fourth-order valence-corrected chi connectivity index (χ4v) is 5.03. The minimum Gasteiger partial charge on any atom is -0.380 e. The van der Waals surface area contributed by atoms with E-state index in [0.29, 0.717) is 34.3 Å². The van der Waals surface area contributed by atoms with Crippen LogP contribution in [-0.4, -0.2) is 55.1 Å².